The number of methoxy groups -OCH3 is 1. The van der Waals surface area contributed by atoms with Crippen LogP contribution in [0.2, 0.25) is 0 Å². The number of aryl methyl sites for hydroxylation is 1. The molecule has 0 amide bonds. The van der Waals surface area contributed by atoms with Gasteiger partial charge in [-0.3, -0.25) is 0 Å². The SMILES string of the molecule is COc1cc(C)c(C(CN)C(C)C)c(C)c1C. The van der Waals surface area contributed by atoms with E-state index < -0.39 is 0 Å². The molecule has 17 heavy (non-hydrogen) atoms. The van der Waals surface area contributed by atoms with Gasteiger partial charge in [0.25, 0.3) is 0 Å². The van der Waals surface area contributed by atoms with Gasteiger partial charge < -0.3 is 10.5 Å². The summed E-state index contributed by atoms with van der Waals surface area (Å²) in [5.41, 5.74) is 11.2. The first-order chi connectivity index (χ1) is 7.93. The van der Waals surface area contributed by atoms with E-state index in [-0.39, 0.29) is 0 Å². The Balaban J connectivity index is 3.38. The predicted molar refractivity (Wildman–Crippen MR) is 73.8 cm³/mol. The zero-order chi connectivity index (χ0) is 13.2. The highest BCUT2D eigenvalue weighted by Crippen LogP contribution is 2.34. The quantitative estimate of drug-likeness (QED) is 0.869. The van der Waals surface area contributed by atoms with Gasteiger partial charge >= 0.3 is 0 Å². The molecule has 2 N–H and O–H groups in total. The van der Waals surface area contributed by atoms with Gasteiger partial charge in [-0.05, 0) is 67.5 Å². The largest absolute Gasteiger partial charge is 0.496 e. The third-order valence-corrected chi connectivity index (χ3v) is 3.76. The van der Waals surface area contributed by atoms with Crippen molar-refractivity contribution in [2.24, 2.45) is 11.7 Å². The van der Waals surface area contributed by atoms with E-state index >= 15 is 0 Å². The van der Waals surface area contributed by atoms with E-state index in [1.165, 1.54) is 22.3 Å². The lowest BCUT2D eigenvalue weighted by atomic mass is 9.82. The highest BCUT2D eigenvalue weighted by atomic mass is 16.5. The van der Waals surface area contributed by atoms with E-state index in [2.05, 4.69) is 40.7 Å². The molecule has 0 aromatic heterocycles. The van der Waals surface area contributed by atoms with Gasteiger partial charge in [0.2, 0.25) is 0 Å². The Morgan fingerprint density at radius 2 is 1.76 bits per heavy atom. The molecule has 1 atom stereocenters. The van der Waals surface area contributed by atoms with Crippen LogP contribution in [0.15, 0.2) is 6.07 Å². The molecule has 0 fully saturated rings. The molecule has 2 heteroatoms. The summed E-state index contributed by atoms with van der Waals surface area (Å²) >= 11 is 0. The summed E-state index contributed by atoms with van der Waals surface area (Å²) in [6.45, 7) is 11.6. The summed E-state index contributed by atoms with van der Waals surface area (Å²) in [5, 5.41) is 0. The molecule has 0 spiro atoms. The predicted octanol–water partition coefficient (Wildman–Crippen LogP) is 3.32. The molecule has 1 rings (SSSR count). The van der Waals surface area contributed by atoms with Gasteiger partial charge in [-0.2, -0.15) is 0 Å². The number of benzene rings is 1. The summed E-state index contributed by atoms with van der Waals surface area (Å²) in [5.74, 6) is 1.97. The summed E-state index contributed by atoms with van der Waals surface area (Å²) in [7, 11) is 1.73. The van der Waals surface area contributed by atoms with Crippen LogP contribution in [0.3, 0.4) is 0 Å². The van der Waals surface area contributed by atoms with Crippen molar-refractivity contribution in [2.75, 3.05) is 13.7 Å². The van der Waals surface area contributed by atoms with E-state index in [1.54, 1.807) is 7.11 Å². The van der Waals surface area contributed by atoms with E-state index in [0.717, 1.165) is 5.75 Å². The molecule has 0 heterocycles. The molecule has 0 saturated heterocycles. The van der Waals surface area contributed by atoms with Gasteiger partial charge in [0.1, 0.15) is 5.75 Å². The monoisotopic (exact) mass is 235 g/mol. The van der Waals surface area contributed by atoms with Gasteiger partial charge in [-0.1, -0.05) is 13.8 Å². The molecule has 1 aromatic carbocycles. The van der Waals surface area contributed by atoms with Gasteiger partial charge in [0.15, 0.2) is 0 Å². The van der Waals surface area contributed by atoms with Crippen LogP contribution in [0.4, 0.5) is 0 Å². The first-order valence-electron chi connectivity index (χ1n) is 6.28. The second kappa shape index (κ2) is 5.54. The Morgan fingerprint density at radius 1 is 1.18 bits per heavy atom. The zero-order valence-corrected chi connectivity index (χ0v) is 11.9. The van der Waals surface area contributed by atoms with Crippen molar-refractivity contribution in [3.63, 3.8) is 0 Å². The Bertz CT molecular complexity index is 396. The minimum absolute atomic E-state index is 0.430. The maximum Gasteiger partial charge on any atom is 0.122 e. The molecule has 1 unspecified atom stereocenters. The Labute approximate surface area is 105 Å². The maximum atomic E-state index is 5.93. The number of rotatable bonds is 4. The second-order valence-electron chi connectivity index (χ2n) is 5.15. The van der Waals surface area contributed by atoms with Crippen LogP contribution in [0.25, 0.3) is 0 Å². The smallest absolute Gasteiger partial charge is 0.122 e. The zero-order valence-electron chi connectivity index (χ0n) is 11.9. The third-order valence-electron chi connectivity index (χ3n) is 3.76. The minimum Gasteiger partial charge on any atom is -0.496 e. The van der Waals surface area contributed by atoms with Crippen molar-refractivity contribution >= 4 is 0 Å². The van der Waals surface area contributed by atoms with E-state index in [0.29, 0.717) is 18.4 Å². The lowest BCUT2D eigenvalue weighted by Crippen LogP contribution is -2.20. The fourth-order valence-corrected chi connectivity index (χ4v) is 2.57. The lowest BCUT2D eigenvalue weighted by Gasteiger charge is -2.25. The van der Waals surface area contributed by atoms with E-state index in [1.807, 2.05) is 0 Å². The summed E-state index contributed by atoms with van der Waals surface area (Å²) < 4.78 is 5.40. The molecular weight excluding hydrogens is 210 g/mol. The highest BCUT2D eigenvalue weighted by molar-refractivity contribution is 5.49. The summed E-state index contributed by atoms with van der Waals surface area (Å²) in [6.07, 6.45) is 0. The molecular formula is C15H25NO. The van der Waals surface area contributed by atoms with Crippen molar-refractivity contribution in [2.45, 2.75) is 40.5 Å². The van der Waals surface area contributed by atoms with Crippen molar-refractivity contribution in [3.05, 3.63) is 28.3 Å². The molecule has 96 valence electrons. The van der Waals surface area contributed by atoms with Crippen LogP contribution in [0.5, 0.6) is 5.75 Å². The fourth-order valence-electron chi connectivity index (χ4n) is 2.57. The number of hydrogen-bond acceptors (Lipinski definition) is 2. The molecule has 0 bridgehead atoms. The molecule has 0 aliphatic rings. The average Bonchev–Trinajstić information content (AvgIpc) is 2.28. The van der Waals surface area contributed by atoms with Crippen LogP contribution in [-0.4, -0.2) is 13.7 Å². The Morgan fingerprint density at radius 3 is 2.18 bits per heavy atom. The number of nitrogens with two attached hydrogens (primary N) is 1. The third kappa shape index (κ3) is 2.63. The Kier molecular flexibility index (Phi) is 4.58. The molecule has 1 aromatic rings. The van der Waals surface area contributed by atoms with E-state index in [4.69, 9.17) is 10.5 Å². The normalized spacial score (nSPS) is 12.9. The lowest BCUT2D eigenvalue weighted by molar-refractivity contribution is 0.409. The van der Waals surface area contributed by atoms with Crippen molar-refractivity contribution < 1.29 is 4.74 Å². The Hall–Kier alpha value is -1.02. The van der Waals surface area contributed by atoms with Gasteiger partial charge in [-0.25, -0.2) is 0 Å². The van der Waals surface area contributed by atoms with Gasteiger partial charge in [0.05, 0.1) is 7.11 Å². The maximum absolute atomic E-state index is 5.93. The van der Waals surface area contributed by atoms with Crippen molar-refractivity contribution in [1.29, 1.82) is 0 Å². The first kappa shape index (κ1) is 14.0. The molecule has 2 nitrogen and oxygen atoms in total. The molecule has 0 radical (unpaired) electrons. The number of ether oxygens (including phenoxy) is 1. The van der Waals surface area contributed by atoms with Crippen LogP contribution < -0.4 is 10.5 Å². The molecule has 0 aliphatic heterocycles. The van der Waals surface area contributed by atoms with Crippen molar-refractivity contribution in [3.8, 4) is 5.75 Å². The van der Waals surface area contributed by atoms with Gasteiger partial charge in [-0.15, -0.1) is 0 Å². The summed E-state index contributed by atoms with van der Waals surface area (Å²) in [6, 6.07) is 2.13. The van der Waals surface area contributed by atoms with Crippen molar-refractivity contribution in [1.82, 2.24) is 0 Å². The van der Waals surface area contributed by atoms with Crippen LogP contribution in [0.1, 0.15) is 42.0 Å². The van der Waals surface area contributed by atoms with E-state index in [9.17, 15) is 0 Å². The standard InChI is InChI=1S/C15H25NO/c1-9(2)13(8-16)15-10(3)7-14(17-6)11(4)12(15)5/h7,9,13H,8,16H2,1-6H3. The van der Waals surface area contributed by atoms with Crippen LogP contribution in [0, 0.1) is 26.7 Å². The first-order valence-corrected chi connectivity index (χ1v) is 6.28. The highest BCUT2D eigenvalue weighted by Gasteiger charge is 2.20. The average molecular weight is 235 g/mol. The summed E-state index contributed by atoms with van der Waals surface area (Å²) in [4.78, 5) is 0. The molecule has 0 aliphatic carbocycles. The topological polar surface area (TPSA) is 35.2 Å². The van der Waals surface area contributed by atoms with Gasteiger partial charge in [0, 0.05) is 0 Å². The fraction of sp³-hybridized carbons (Fsp3) is 0.600. The minimum atomic E-state index is 0.430. The molecule has 0 saturated carbocycles. The van der Waals surface area contributed by atoms with Crippen LogP contribution >= 0.6 is 0 Å². The number of hydrogen-bond donors (Lipinski definition) is 1. The second-order valence-corrected chi connectivity index (χ2v) is 5.15. The van der Waals surface area contributed by atoms with Crippen LogP contribution in [-0.2, 0) is 0 Å².